The molecule has 1 saturated carbocycles. The molecule has 0 radical (unpaired) electrons. The van der Waals surface area contributed by atoms with Crippen LogP contribution in [0.25, 0.3) is 0 Å². The molecule has 2 aliphatic rings. The number of hydrogen-bond acceptors (Lipinski definition) is 5. The number of amides is 1. The molecule has 0 N–H and O–H groups in total. The fourth-order valence-corrected chi connectivity index (χ4v) is 4.62. The van der Waals surface area contributed by atoms with Crippen LogP contribution in [0.2, 0.25) is 0 Å². The number of carbonyl (C=O) groups is 1. The molecule has 3 heterocycles. The fourth-order valence-electron chi connectivity index (χ4n) is 3.56. The first kappa shape index (κ1) is 15.8. The molecule has 128 valence electrons. The first-order valence-corrected chi connectivity index (χ1v) is 9.56. The van der Waals surface area contributed by atoms with Crippen LogP contribution in [0.3, 0.4) is 0 Å². The Morgan fingerprint density at radius 1 is 1.42 bits per heavy atom. The number of aryl methyl sites for hydroxylation is 1. The second kappa shape index (κ2) is 5.99. The highest BCUT2D eigenvalue weighted by molar-refractivity contribution is 7.12. The van der Waals surface area contributed by atoms with E-state index in [9.17, 15) is 4.79 Å². The molecule has 3 atom stereocenters. The topological polar surface area (TPSA) is 59.2 Å². The Morgan fingerprint density at radius 3 is 2.92 bits per heavy atom. The zero-order valence-corrected chi connectivity index (χ0v) is 15.2. The molecule has 0 aromatic carbocycles. The maximum Gasteiger partial charge on any atom is 0.229 e. The van der Waals surface area contributed by atoms with E-state index in [1.54, 1.807) is 0 Å². The van der Waals surface area contributed by atoms with Gasteiger partial charge in [-0.2, -0.15) is 4.98 Å². The van der Waals surface area contributed by atoms with E-state index in [1.807, 2.05) is 30.1 Å². The highest BCUT2D eigenvalue weighted by atomic mass is 32.1. The molecule has 0 spiro atoms. The first-order valence-electron chi connectivity index (χ1n) is 8.75. The second-order valence-electron chi connectivity index (χ2n) is 7.23. The Balaban J connectivity index is 1.47. The summed E-state index contributed by atoms with van der Waals surface area (Å²) in [5.41, 5.74) is 0. The van der Waals surface area contributed by atoms with Gasteiger partial charge in [0.25, 0.3) is 0 Å². The van der Waals surface area contributed by atoms with E-state index in [-0.39, 0.29) is 23.8 Å². The number of likely N-dealkylation sites (tertiary alicyclic amines) is 1. The van der Waals surface area contributed by atoms with Crippen molar-refractivity contribution < 1.29 is 9.32 Å². The average molecular weight is 345 g/mol. The minimum atomic E-state index is -0.0138. The first-order chi connectivity index (χ1) is 11.5. The van der Waals surface area contributed by atoms with Crippen LogP contribution < -0.4 is 0 Å². The van der Waals surface area contributed by atoms with Crippen molar-refractivity contribution in [1.82, 2.24) is 15.0 Å². The standard InChI is InChI=1S/C18H23N3O2S/c1-10(2)17-19-16(20-23-17)14-5-4-8-21(14)18(22)13-9-12(13)15-7-6-11(3)24-15/h6-7,10,12-14H,4-5,8-9H2,1-3H3. The van der Waals surface area contributed by atoms with Gasteiger partial charge in [-0.25, -0.2) is 0 Å². The molecule has 2 aromatic heterocycles. The molecule has 6 heteroatoms. The molecule has 0 bridgehead atoms. The Hall–Kier alpha value is -1.69. The Kier molecular flexibility index (Phi) is 3.95. The smallest absolute Gasteiger partial charge is 0.229 e. The molecule has 4 rings (SSSR count). The van der Waals surface area contributed by atoms with E-state index >= 15 is 0 Å². The summed E-state index contributed by atoms with van der Waals surface area (Å²) in [7, 11) is 0. The van der Waals surface area contributed by atoms with Crippen LogP contribution in [0.4, 0.5) is 0 Å². The van der Waals surface area contributed by atoms with Crippen molar-refractivity contribution in [3.8, 4) is 0 Å². The summed E-state index contributed by atoms with van der Waals surface area (Å²) in [6.07, 6.45) is 2.92. The van der Waals surface area contributed by atoms with E-state index in [2.05, 4.69) is 29.2 Å². The van der Waals surface area contributed by atoms with E-state index in [0.717, 1.165) is 25.8 Å². The van der Waals surface area contributed by atoms with Gasteiger partial charge in [0.1, 0.15) is 0 Å². The van der Waals surface area contributed by atoms with E-state index in [1.165, 1.54) is 9.75 Å². The zero-order valence-electron chi connectivity index (χ0n) is 14.4. The molecule has 2 aromatic rings. The largest absolute Gasteiger partial charge is 0.339 e. The molecule has 3 unspecified atom stereocenters. The third-order valence-corrected chi connectivity index (χ3v) is 6.15. The maximum absolute atomic E-state index is 13.0. The Labute approximate surface area is 146 Å². The monoisotopic (exact) mass is 345 g/mol. The molecule has 5 nitrogen and oxygen atoms in total. The lowest BCUT2D eigenvalue weighted by Gasteiger charge is -2.22. The summed E-state index contributed by atoms with van der Waals surface area (Å²) in [4.78, 5) is 22.1. The van der Waals surface area contributed by atoms with Gasteiger partial charge < -0.3 is 9.42 Å². The summed E-state index contributed by atoms with van der Waals surface area (Å²) >= 11 is 1.82. The highest BCUT2D eigenvalue weighted by Crippen LogP contribution is 2.51. The molecule has 2 fully saturated rings. The van der Waals surface area contributed by atoms with Crippen molar-refractivity contribution in [3.05, 3.63) is 33.6 Å². The van der Waals surface area contributed by atoms with Crippen molar-refractivity contribution in [1.29, 1.82) is 0 Å². The van der Waals surface area contributed by atoms with E-state index in [0.29, 0.717) is 17.6 Å². The zero-order chi connectivity index (χ0) is 16.8. The predicted octanol–water partition coefficient (Wildman–Crippen LogP) is 4.03. The third kappa shape index (κ3) is 2.77. The van der Waals surface area contributed by atoms with Crippen molar-refractivity contribution in [2.45, 2.75) is 57.9 Å². The van der Waals surface area contributed by atoms with Gasteiger partial charge in [-0.1, -0.05) is 19.0 Å². The van der Waals surface area contributed by atoms with Gasteiger partial charge in [-0.05, 0) is 38.3 Å². The van der Waals surface area contributed by atoms with Crippen molar-refractivity contribution in [2.75, 3.05) is 6.54 Å². The Morgan fingerprint density at radius 2 is 2.25 bits per heavy atom. The SMILES string of the molecule is Cc1ccc(C2CC2C(=O)N2CCCC2c2noc(C(C)C)n2)s1. The van der Waals surface area contributed by atoms with Crippen LogP contribution >= 0.6 is 11.3 Å². The van der Waals surface area contributed by atoms with E-state index in [4.69, 9.17) is 4.52 Å². The van der Waals surface area contributed by atoms with Gasteiger partial charge in [0, 0.05) is 34.1 Å². The number of thiophene rings is 1. The minimum absolute atomic E-state index is 0.0138. The van der Waals surface area contributed by atoms with Crippen molar-refractivity contribution >= 4 is 17.2 Å². The maximum atomic E-state index is 13.0. The number of aromatic nitrogens is 2. The van der Waals surface area contributed by atoms with Gasteiger partial charge in [0.2, 0.25) is 11.8 Å². The van der Waals surface area contributed by atoms with Crippen LogP contribution in [-0.2, 0) is 4.79 Å². The van der Waals surface area contributed by atoms with Crippen LogP contribution in [0.5, 0.6) is 0 Å². The molecule has 24 heavy (non-hydrogen) atoms. The molecular weight excluding hydrogens is 322 g/mol. The molecular formula is C18H23N3O2S. The predicted molar refractivity (Wildman–Crippen MR) is 92.0 cm³/mol. The summed E-state index contributed by atoms with van der Waals surface area (Å²) in [6.45, 7) is 6.99. The Bertz CT molecular complexity index is 751. The van der Waals surface area contributed by atoms with Gasteiger partial charge in [0.05, 0.1) is 6.04 Å². The number of hydrogen-bond donors (Lipinski definition) is 0. The molecule has 1 aliphatic carbocycles. The number of rotatable bonds is 4. The minimum Gasteiger partial charge on any atom is -0.339 e. The number of carbonyl (C=O) groups excluding carboxylic acids is 1. The van der Waals surface area contributed by atoms with Crippen LogP contribution in [-0.4, -0.2) is 27.5 Å². The van der Waals surface area contributed by atoms with Crippen LogP contribution in [0.1, 0.15) is 72.5 Å². The molecule has 1 aliphatic heterocycles. The second-order valence-corrected chi connectivity index (χ2v) is 8.55. The lowest BCUT2D eigenvalue weighted by molar-refractivity contribution is -0.133. The summed E-state index contributed by atoms with van der Waals surface area (Å²) in [5.74, 6) is 2.36. The lowest BCUT2D eigenvalue weighted by Crippen LogP contribution is -2.32. The summed E-state index contributed by atoms with van der Waals surface area (Å²) in [5, 5.41) is 4.13. The van der Waals surface area contributed by atoms with Gasteiger partial charge in [-0.3, -0.25) is 4.79 Å². The summed E-state index contributed by atoms with van der Waals surface area (Å²) < 4.78 is 5.34. The third-order valence-electron chi connectivity index (χ3n) is 5.02. The van der Waals surface area contributed by atoms with Crippen molar-refractivity contribution in [3.63, 3.8) is 0 Å². The lowest BCUT2D eigenvalue weighted by atomic mass is 10.2. The molecule has 1 saturated heterocycles. The molecule has 1 amide bonds. The quantitative estimate of drug-likeness (QED) is 0.839. The normalized spacial score (nSPS) is 26.3. The fraction of sp³-hybridized carbons (Fsp3) is 0.611. The van der Waals surface area contributed by atoms with Crippen LogP contribution in [0, 0.1) is 12.8 Å². The van der Waals surface area contributed by atoms with Gasteiger partial charge >= 0.3 is 0 Å². The average Bonchev–Trinajstić information content (AvgIpc) is 2.97. The van der Waals surface area contributed by atoms with E-state index < -0.39 is 0 Å². The van der Waals surface area contributed by atoms with Gasteiger partial charge in [-0.15, -0.1) is 11.3 Å². The summed E-state index contributed by atoms with van der Waals surface area (Å²) in [6, 6.07) is 4.30. The van der Waals surface area contributed by atoms with Gasteiger partial charge in [0.15, 0.2) is 5.82 Å². The van der Waals surface area contributed by atoms with Crippen molar-refractivity contribution in [2.24, 2.45) is 5.92 Å². The highest BCUT2D eigenvalue weighted by Gasteiger charge is 2.49. The number of nitrogens with zero attached hydrogens (tertiary/aromatic N) is 3. The van der Waals surface area contributed by atoms with Crippen LogP contribution in [0.15, 0.2) is 16.7 Å².